The number of benzene rings is 1. The predicted octanol–water partition coefficient (Wildman–Crippen LogP) is 2.93. The Kier molecular flexibility index (Phi) is 4.55. The summed E-state index contributed by atoms with van der Waals surface area (Å²) in [6.07, 6.45) is -1.11. The fourth-order valence-corrected chi connectivity index (χ4v) is 2.58. The lowest BCUT2D eigenvalue weighted by atomic mass is 9.85. The smallest absolute Gasteiger partial charge is 0.392 e. The van der Waals surface area contributed by atoms with Gasteiger partial charge in [-0.2, -0.15) is 13.2 Å². The predicted molar refractivity (Wildman–Crippen MR) is 68.8 cm³/mol. The average molecular weight is 310 g/mol. The lowest BCUT2D eigenvalue weighted by molar-refractivity contribution is -0.0436. The molecule has 1 atom stereocenters. The van der Waals surface area contributed by atoms with Gasteiger partial charge in [0.25, 0.3) is 9.84 Å². The van der Waals surface area contributed by atoms with Crippen molar-refractivity contribution >= 4 is 9.84 Å². The Bertz CT molecular complexity index is 571. The van der Waals surface area contributed by atoms with E-state index in [4.69, 9.17) is 0 Å². The Labute approximate surface area is 116 Å². The third kappa shape index (κ3) is 3.52. The van der Waals surface area contributed by atoms with Crippen LogP contribution in [0.3, 0.4) is 0 Å². The van der Waals surface area contributed by atoms with E-state index in [2.05, 4.69) is 0 Å². The van der Waals surface area contributed by atoms with E-state index in [1.807, 2.05) is 0 Å². The lowest BCUT2D eigenvalue weighted by Crippen LogP contribution is -2.30. The molecule has 1 aromatic carbocycles. The summed E-state index contributed by atoms with van der Waals surface area (Å²) in [5, 5.41) is 9.96. The molecule has 1 aromatic rings. The van der Waals surface area contributed by atoms with Gasteiger partial charge in [-0.05, 0) is 17.0 Å². The third-order valence-electron chi connectivity index (χ3n) is 2.98. The molecule has 20 heavy (non-hydrogen) atoms. The van der Waals surface area contributed by atoms with Crippen LogP contribution in [-0.4, -0.2) is 25.1 Å². The van der Waals surface area contributed by atoms with Gasteiger partial charge in [0.05, 0.1) is 11.0 Å². The molecule has 7 heteroatoms. The molecule has 0 spiro atoms. The van der Waals surface area contributed by atoms with Crippen molar-refractivity contribution in [1.82, 2.24) is 0 Å². The number of aliphatic hydroxyl groups is 1. The Morgan fingerprint density at radius 2 is 1.65 bits per heavy atom. The quantitative estimate of drug-likeness (QED) is 0.934. The summed E-state index contributed by atoms with van der Waals surface area (Å²) in [5.74, 6) is 0. The largest absolute Gasteiger partial charge is 0.501 e. The molecule has 0 fully saturated rings. The number of rotatable bonds is 3. The van der Waals surface area contributed by atoms with Crippen molar-refractivity contribution in [3.63, 3.8) is 0 Å². The highest BCUT2D eigenvalue weighted by molar-refractivity contribution is 7.92. The normalized spacial score (nSPS) is 15.2. The average Bonchev–Trinajstić information content (AvgIpc) is 2.26. The van der Waals surface area contributed by atoms with Crippen molar-refractivity contribution in [3.8, 4) is 0 Å². The Morgan fingerprint density at radius 1 is 1.15 bits per heavy atom. The monoisotopic (exact) mass is 310 g/mol. The van der Waals surface area contributed by atoms with Crippen molar-refractivity contribution in [1.29, 1.82) is 0 Å². The van der Waals surface area contributed by atoms with Gasteiger partial charge in [0.1, 0.15) is 0 Å². The zero-order chi connectivity index (χ0) is 15.8. The van der Waals surface area contributed by atoms with Gasteiger partial charge >= 0.3 is 5.51 Å². The van der Waals surface area contributed by atoms with E-state index >= 15 is 0 Å². The van der Waals surface area contributed by atoms with Crippen LogP contribution in [0, 0.1) is 5.41 Å². The highest BCUT2D eigenvalue weighted by Gasteiger charge is 2.47. The first-order valence-electron chi connectivity index (χ1n) is 5.94. The van der Waals surface area contributed by atoms with Crippen LogP contribution in [0.4, 0.5) is 13.2 Å². The molecule has 0 heterocycles. The summed E-state index contributed by atoms with van der Waals surface area (Å²) in [6, 6.07) is 4.87. The van der Waals surface area contributed by atoms with Crippen molar-refractivity contribution < 1.29 is 26.7 Å². The Hall–Kier alpha value is -1.08. The molecule has 0 amide bonds. The van der Waals surface area contributed by atoms with E-state index in [1.165, 1.54) is 18.2 Å². The number of hydrogen-bond donors (Lipinski definition) is 1. The molecule has 0 aliphatic carbocycles. The van der Waals surface area contributed by atoms with E-state index in [9.17, 15) is 26.7 Å². The number of sulfone groups is 1. The highest BCUT2D eigenvalue weighted by Crippen LogP contribution is 2.33. The number of halogens is 3. The van der Waals surface area contributed by atoms with Crippen molar-refractivity contribution in [3.05, 3.63) is 29.8 Å². The van der Waals surface area contributed by atoms with Crippen molar-refractivity contribution in [2.75, 3.05) is 0 Å². The highest BCUT2D eigenvalue weighted by atomic mass is 32.2. The molecule has 0 aliphatic heterocycles. The summed E-state index contributed by atoms with van der Waals surface area (Å²) in [5.41, 5.74) is -5.95. The summed E-state index contributed by atoms with van der Waals surface area (Å²) in [6.45, 7) is 5.16. The molecule has 1 rings (SSSR count). The molecule has 0 aliphatic rings. The van der Waals surface area contributed by atoms with Gasteiger partial charge in [0, 0.05) is 6.42 Å². The van der Waals surface area contributed by atoms with Crippen LogP contribution in [-0.2, 0) is 16.3 Å². The molecular weight excluding hydrogens is 293 g/mol. The summed E-state index contributed by atoms with van der Waals surface area (Å²) in [4.78, 5) is -0.796. The standard InChI is InChI=1S/C13H17F3O3S/c1-12(2,3)11(17)8-9-6-4-5-7-10(9)20(18,19)13(14,15)16/h4-7,11,17H,8H2,1-3H3. The van der Waals surface area contributed by atoms with Gasteiger partial charge in [-0.1, -0.05) is 39.0 Å². The van der Waals surface area contributed by atoms with Gasteiger partial charge in [0.2, 0.25) is 0 Å². The molecule has 0 radical (unpaired) electrons. The number of hydrogen-bond acceptors (Lipinski definition) is 3. The minimum Gasteiger partial charge on any atom is -0.392 e. The zero-order valence-electron chi connectivity index (χ0n) is 11.4. The van der Waals surface area contributed by atoms with Crippen LogP contribution in [0.2, 0.25) is 0 Å². The van der Waals surface area contributed by atoms with Crippen LogP contribution in [0.1, 0.15) is 26.3 Å². The van der Waals surface area contributed by atoms with Crippen LogP contribution in [0.15, 0.2) is 29.2 Å². The van der Waals surface area contributed by atoms with Crippen LogP contribution in [0.25, 0.3) is 0 Å². The maximum absolute atomic E-state index is 12.6. The molecule has 1 unspecified atom stereocenters. The minimum absolute atomic E-state index is 0.0350. The van der Waals surface area contributed by atoms with E-state index in [-0.39, 0.29) is 12.0 Å². The maximum atomic E-state index is 12.6. The molecule has 3 nitrogen and oxygen atoms in total. The van der Waals surface area contributed by atoms with Crippen molar-refractivity contribution in [2.45, 2.75) is 43.7 Å². The molecule has 114 valence electrons. The second-order valence-corrected chi connectivity index (χ2v) is 7.55. The van der Waals surface area contributed by atoms with Gasteiger partial charge < -0.3 is 5.11 Å². The molecule has 1 N–H and O–H groups in total. The number of aliphatic hydroxyl groups excluding tert-OH is 1. The van der Waals surface area contributed by atoms with E-state index in [1.54, 1.807) is 20.8 Å². The lowest BCUT2D eigenvalue weighted by Gasteiger charge is -2.26. The summed E-state index contributed by atoms with van der Waals surface area (Å²) in [7, 11) is -5.41. The van der Waals surface area contributed by atoms with Crippen LogP contribution in [0.5, 0.6) is 0 Å². The third-order valence-corrected chi connectivity index (χ3v) is 4.57. The molecule has 0 saturated heterocycles. The molecule has 0 bridgehead atoms. The SMILES string of the molecule is CC(C)(C)C(O)Cc1ccccc1S(=O)(=O)C(F)(F)F. The Morgan fingerprint density at radius 3 is 2.10 bits per heavy atom. The van der Waals surface area contributed by atoms with Gasteiger partial charge in [-0.25, -0.2) is 8.42 Å². The fourth-order valence-electron chi connectivity index (χ4n) is 1.57. The zero-order valence-corrected chi connectivity index (χ0v) is 12.2. The van der Waals surface area contributed by atoms with Crippen LogP contribution >= 0.6 is 0 Å². The summed E-state index contributed by atoms with van der Waals surface area (Å²) >= 11 is 0. The van der Waals surface area contributed by atoms with Crippen molar-refractivity contribution in [2.24, 2.45) is 5.41 Å². The first kappa shape index (κ1) is 17.0. The second-order valence-electron chi connectivity index (χ2n) is 5.64. The molecule has 0 aromatic heterocycles. The molecular formula is C13H17F3O3S. The van der Waals surface area contributed by atoms with Gasteiger partial charge in [-0.15, -0.1) is 0 Å². The van der Waals surface area contributed by atoms with E-state index in [0.29, 0.717) is 0 Å². The second kappa shape index (κ2) is 5.37. The van der Waals surface area contributed by atoms with E-state index < -0.39 is 31.8 Å². The van der Waals surface area contributed by atoms with Gasteiger partial charge in [-0.3, -0.25) is 0 Å². The fraction of sp³-hybridized carbons (Fsp3) is 0.538. The Balaban J connectivity index is 3.27. The minimum atomic E-state index is -5.41. The van der Waals surface area contributed by atoms with E-state index in [0.717, 1.165) is 6.07 Å². The summed E-state index contributed by atoms with van der Waals surface area (Å²) < 4.78 is 60.9. The number of alkyl halides is 3. The maximum Gasteiger partial charge on any atom is 0.501 e. The van der Waals surface area contributed by atoms with Crippen LogP contribution < -0.4 is 0 Å². The topological polar surface area (TPSA) is 54.4 Å². The first-order valence-corrected chi connectivity index (χ1v) is 7.43. The van der Waals surface area contributed by atoms with Gasteiger partial charge in [0.15, 0.2) is 0 Å². The molecule has 0 saturated carbocycles. The first-order chi connectivity index (χ1) is 8.87.